The van der Waals surface area contributed by atoms with E-state index in [0.717, 1.165) is 0 Å². The third-order valence-corrected chi connectivity index (χ3v) is 9.32. The lowest BCUT2D eigenvalue weighted by atomic mass is 10.0. The summed E-state index contributed by atoms with van der Waals surface area (Å²) in [6.07, 6.45) is 48.5. The van der Waals surface area contributed by atoms with Gasteiger partial charge in [0.2, 0.25) is 0 Å². The Morgan fingerprint density at radius 3 is 0.925 bits per heavy atom. The summed E-state index contributed by atoms with van der Waals surface area (Å²) in [7, 11) is 0. The molecule has 0 fully saturated rings. The molecule has 1 aliphatic heterocycles. The lowest BCUT2D eigenvalue weighted by molar-refractivity contribution is 0.135. The molecular formula is C38H76N2. The van der Waals surface area contributed by atoms with Crippen LogP contribution in [0.15, 0.2) is 12.4 Å². The first-order valence-electron chi connectivity index (χ1n) is 19.0. The molecular weight excluding hydrogens is 484 g/mol. The second-order valence-electron chi connectivity index (χ2n) is 13.2. The molecule has 0 aromatic heterocycles. The SMILES string of the molecule is CCCCCCCCCCCCCCCCCC1N(CCCCC)C=CN1CCCCCCCCCCCCC. The first-order chi connectivity index (χ1) is 19.8. The van der Waals surface area contributed by atoms with Gasteiger partial charge in [-0.15, -0.1) is 0 Å². The highest BCUT2D eigenvalue weighted by Crippen LogP contribution is 2.24. The molecule has 0 saturated heterocycles. The summed E-state index contributed by atoms with van der Waals surface area (Å²) in [5.74, 6) is 0. The zero-order valence-electron chi connectivity index (χ0n) is 28.3. The molecule has 1 heterocycles. The summed E-state index contributed by atoms with van der Waals surface area (Å²) < 4.78 is 0. The zero-order valence-corrected chi connectivity index (χ0v) is 28.3. The highest BCUT2D eigenvalue weighted by molar-refractivity contribution is 4.97. The molecule has 0 aromatic carbocycles. The molecule has 0 bridgehead atoms. The summed E-state index contributed by atoms with van der Waals surface area (Å²) in [5, 5.41) is 0. The Kier molecular flexibility index (Phi) is 27.9. The van der Waals surface area contributed by atoms with Gasteiger partial charge in [-0.25, -0.2) is 0 Å². The van der Waals surface area contributed by atoms with Crippen LogP contribution in [0.1, 0.15) is 213 Å². The van der Waals surface area contributed by atoms with Gasteiger partial charge in [-0.3, -0.25) is 0 Å². The molecule has 0 spiro atoms. The Labute approximate surface area is 254 Å². The van der Waals surface area contributed by atoms with Crippen molar-refractivity contribution in [3.8, 4) is 0 Å². The third kappa shape index (κ3) is 22.0. The van der Waals surface area contributed by atoms with E-state index >= 15 is 0 Å². The fraction of sp³-hybridized carbons (Fsp3) is 0.947. The van der Waals surface area contributed by atoms with Crippen molar-refractivity contribution in [3.63, 3.8) is 0 Å². The second-order valence-corrected chi connectivity index (χ2v) is 13.2. The van der Waals surface area contributed by atoms with Crippen molar-refractivity contribution >= 4 is 0 Å². The molecule has 0 N–H and O–H groups in total. The van der Waals surface area contributed by atoms with E-state index in [9.17, 15) is 0 Å². The Balaban J connectivity index is 2.08. The van der Waals surface area contributed by atoms with E-state index in [0.29, 0.717) is 6.17 Å². The smallest absolute Gasteiger partial charge is 0.101 e. The summed E-state index contributed by atoms with van der Waals surface area (Å²) in [6, 6.07) is 0. The zero-order chi connectivity index (χ0) is 28.8. The van der Waals surface area contributed by atoms with Gasteiger partial charge in [0.05, 0.1) is 0 Å². The fourth-order valence-corrected chi connectivity index (χ4v) is 6.54. The van der Waals surface area contributed by atoms with Crippen molar-refractivity contribution in [2.24, 2.45) is 0 Å². The number of hydrogen-bond acceptors (Lipinski definition) is 2. The summed E-state index contributed by atoms with van der Waals surface area (Å²) in [6.45, 7) is 9.46. The molecule has 1 rings (SSSR count). The van der Waals surface area contributed by atoms with Crippen LogP contribution in [0.5, 0.6) is 0 Å². The van der Waals surface area contributed by atoms with E-state index in [-0.39, 0.29) is 0 Å². The number of rotatable bonds is 32. The average Bonchev–Trinajstić information content (AvgIpc) is 3.35. The highest BCUT2D eigenvalue weighted by atomic mass is 15.4. The van der Waals surface area contributed by atoms with Crippen LogP contribution in [0.25, 0.3) is 0 Å². The van der Waals surface area contributed by atoms with Crippen molar-refractivity contribution < 1.29 is 0 Å². The van der Waals surface area contributed by atoms with Crippen LogP contribution >= 0.6 is 0 Å². The topological polar surface area (TPSA) is 6.48 Å². The van der Waals surface area contributed by atoms with Gasteiger partial charge < -0.3 is 9.80 Å². The Bertz CT molecular complexity index is 516. The van der Waals surface area contributed by atoms with Crippen molar-refractivity contribution in [2.75, 3.05) is 13.1 Å². The molecule has 2 heteroatoms. The normalized spacial score (nSPS) is 15.1. The van der Waals surface area contributed by atoms with Crippen LogP contribution in [-0.4, -0.2) is 29.1 Å². The van der Waals surface area contributed by atoms with E-state index in [4.69, 9.17) is 0 Å². The molecule has 0 saturated carbocycles. The molecule has 1 aliphatic rings. The predicted octanol–water partition coefficient (Wildman–Crippen LogP) is 13.2. The molecule has 40 heavy (non-hydrogen) atoms. The monoisotopic (exact) mass is 561 g/mol. The van der Waals surface area contributed by atoms with E-state index in [1.54, 1.807) is 0 Å². The van der Waals surface area contributed by atoms with Crippen LogP contribution in [-0.2, 0) is 0 Å². The highest BCUT2D eigenvalue weighted by Gasteiger charge is 2.24. The largest absolute Gasteiger partial charge is 0.356 e. The van der Waals surface area contributed by atoms with Crippen molar-refractivity contribution in [1.29, 1.82) is 0 Å². The number of hydrogen-bond donors (Lipinski definition) is 0. The molecule has 2 nitrogen and oxygen atoms in total. The minimum Gasteiger partial charge on any atom is -0.356 e. The van der Waals surface area contributed by atoms with Crippen molar-refractivity contribution in [1.82, 2.24) is 9.80 Å². The van der Waals surface area contributed by atoms with Gasteiger partial charge in [0.15, 0.2) is 0 Å². The van der Waals surface area contributed by atoms with Gasteiger partial charge in [-0.2, -0.15) is 0 Å². The molecule has 0 radical (unpaired) electrons. The average molecular weight is 561 g/mol. The van der Waals surface area contributed by atoms with Gasteiger partial charge in [0, 0.05) is 25.5 Å². The Morgan fingerprint density at radius 1 is 0.325 bits per heavy atom. The van der Waals surface area contributed by atoms with Gasteiger partial charge in [0.25, 0.3) is 0 Å². The molecule has 238 valence electrons. The molecule has 0 aromatic rings. The summed E-state index contributed by atoms with van der Waals surface area (Å²) in [5.41, 5.74) is 0. The van der Waals surface area contributed by atoms with E-state index < -0.39 is 0 Å². The summed E-state index contributed by atoms with van der Waals surface area (Å²) >= 11 is 0. The summed E-state index contributed by atoms with van der Waals surface area (Å²) in [4.78, 5) is 5.38. The van der Waals surface area contributed by atoms with Crippen LogP contribution in [0.4, 0.5) is 0 Å². The standard InChI is InChI=1S/C38H76N2/c1-4-7-10-12-14-16-18-19-20-21-22-24-26-28-30-33-38-39(34-31-9-6-3)36-37-40(38)35-32-29-27-25-23-17-15-13-11-8-5-2/h36-38H,4-35H2,1-3H3. The van der Waals surface area contributed by atoms with Gasteiger partial charge in [-0.05, 0) is 25.7 Å². The van der Waals surface area contributed by atoms with E-state index in [1.165, 1.54) is 206 Å². The van der Waals surface area contributed by atoms with Crippen LogP contribution in [0.3, 0.4) is 0 Å². The van der Waals surface area contributed by atoms with E-state index in [2.05, 4.69) is 43.0 Å². The number of nitrogens with zero attached hydrogens (tertiary/aromatic N) is 2. The second kappa shape index (κ2) is 29.8. The first-order valence-corrected chi connectivity index (χ1v) is 19.0. The molecule has 1 unspecified atom stereocenters. The van der Waals surface area contributed by atoms with Crippen molar-refractivity contribution in [2.45, 2.75) is 220 Å². The maximum Gasteiger partial charge on any atom is 0.101 e. The Hall–Kier alpha value is -0.660. The lowest BCUT2D eigenvalue weighted by Gasteiger charge is -2.33. The van der Waals surface area contributed by atoms with Crippen LogP contribution < -0.4 is 0 Å². The van der Waals surface area contributed by atoms with E-state index in [1.807, 2.05) is 0 Å². The maximum absolute atomic E-state index is 2.70. The predicted molar refractivity (Wildman–Crippen MR) is 182 cm³/mol. The van der Waals surface area contributed by atoms with Crippen LogP contribution in [0, 0.1) is 0 Å². The fourth-order valence-electron chi connectivity index (χ4n) is 6.54. The minimum atomic E-state index is 0.641. The maximum atomic E-state index is 2.70. The van der Waals surface area contributed by atoms with Crippen LogP contribution in [0.2, 0.25) is 0 Å². The van der Waals surface area contributed by atoms with Gasteiger partial charge >= 0.3 is 0 Å². The molecule has 1 atom stereocenters. The quantitative estimate of drug-likeness (QED) is 0.0755. The van der Waals surface area contributed by atoms with Gasteiger partial charge in [0.1, 0.15) is 6.17 Å². The Morgan fingerprint density at radius 2 is 0.575 bits per heavy atom. The van der Waals surface area contributed by atoms with Gasteiger partial charge in [-0.1, -0.05) is 188 Å². The number of unbranched alkanes of at least 4 members (excludes halogenated alkanes) is 26. The van der Waals surface area contributed by atoms with Crippen molar-refractivity contribution in [3.05, 3.63) is 12.4 Å². The molecule has 0 aliphatic carbocycles. The third-order valence-electron chi connectivity index (χ3n) is 9.32. The minimum absolute atomic E-state index is 0.641. The molecule has 0 amide bonds. The lowest BCUT2D eigenvalue weighted by Crippen LogP contribution is -2.39. The first kappa shape index (κ1) is 37.4.